The molecule has 17 heavy (non-hydrogen) atoms. The molecule has 2 nitrogen and oxygen atoms in total. The Kier molecular flexibility index (Phi) is 6.08. The van der Waals surface area contributed by atoms with Crippen molar-refractivity contribution in [1.29, 1.82) is 0 Å². The minimum absolute atomic E-state index is 1.02. The fourth-order valence-corrected chi connectivity index (χ4v) is 1.71. The number of benzene rings is 1. The molecule has 0 N–H and O–H groups in total. The van der Waals surface area contributed by atoms with Crippen molar-refractivity contribution in [2.45, 2.75) is 25.7 Å². The van der Waals surface area contributed by atoms with Crippen molar-refractivity contribution in [2.24, 2.45) is 5.10 Å². The van der Waals surface area contributed by atoms with Crippen LogP contribution in [0.1, 0.15) is 31.2 Å². The van der Waals surface area contributed by atoms with Crippen LogP contribution in [0.25, 0.3) is 0 Å². The second-order valence-electron chi connectivity index (χ2n) is 4.29. The lowest BCUT2D eigenvalue weighted by Crippen LogP contribution is -2.10. The monoisotopic (exact) mass is 230 g/mol. The molecule has 0 radical (unpaired) electrons. The van der Waals surface area contributed by atoms with Gasteiger partial charge in [0.2, 0.25) is 0 Å². The molecular formula is C15H22N2. The highest BCUT2D eigenvalue weighted by atomic mass is 15.4. The molecule has 0 aromatic heterocycles. The summed E-state index contributed by atoms with van der Waals surface area (Å²) in [4.78, 5) is 0. The van der Waals surface area contributed by atoms with Gasteiger partial charge in [0.25, 0.3) is 0 Å². The first-order chi connectivity index (χ1) is 8.24. The largest absolute Gasteiger partial charge is 0.303 e. The van der Waals surface area contributed by atoms with Crippen molar-refractivity contribution in [3.63, 3.8) is 0 Å². The molecule has 0 aliphatic carbocycles. The SMILES string of the molecule is C=CCCCC/C(=N\N(C)C)c1ccccc1. The Morgan fingerprint density at radius 1 is 1.24 bits per heavy atom. The lowest BCUT2D eigenvalue weighted by atomic mass is 10.0. The number of hydrazone groups is 1. The van der Waals surface area contributed by atoms with Crippen molar-refractivity contribution in [2.75, 3.05) is 14.1 Å². The Hall–Kier alpha value is -1.57. The summed E-state index contributed by atoms with van der Waals surface area (Å²) in [5.41, 5.74) is 2.39. The van der Waals surface area contributed by atoms with Gasteiger partial charge in [-0.05, 0) is 31.2 Å². The third-order valence-electron chi connectivity index (χ3n) is 2.50. The van der Waals surface area contributed by atoms with Crippen LogP contribution >= 0.6 is 0 Å². The average molecular weight is 230 g/mol. The molecule has 0 saturated carbocycles. The summed E-state index contributed by atoms with van der Waals surface area (Å²) < 4.78 is 0. The third-order valence-corrected chi connectivity index (χ3v) is 2.50. The Bertz CT molecular complexity index is 352. The van der Waals surface area contributed by atoms with E-state index in [1.807, 2.05) is 31.2 Å². The number of allylic oxidation sites excluding steroid dienone is 1. The lowest BCUT2D eigenvalue weighted by Gasteiger charge is -2.11. The van der Waals surface area contributed by atoms with Gasteiger partial charge >= 0.3 is 0 Å². The van der Waals surface area contributed by atoms with Gasteiger partial charge in [0.15, 0.2) is 0 Å². The van der Waals surface area contributed by atoms with E-state index in [1.165, 1.54) is 17.7 Å². The highest BCUT2D eigenvalue weighted by molar-refractivity contribution is 6.00. The molecule has 0 bridgehead atoms. The highest BCUT2D eigenvalue weighted by Gasteiger charge is 2.03. The molecular weight excluding hydrogens is 208 g/mol. The highest BCUT2D eigenvalue weighted by Crippen LogP contribution is 2.10. The van der Waals surface area contributed by atoms with Crippen LogP contribution in [0.3, 0.4) is 0 Å². The van der Waals surface area contributed by atoms with E-state index in [4.69, 9.17) is 0 Å². The van der Waals surface area contributed by atoms with Gasteiger partial charge in [0.05, 0.1) is 5.71 Å². The fourth-order valence-electron chi connectivity index (χ4n) is 1.71. The third kappa shape index (κ3) is 5.34. The second kappa shape index (κ2) is 7.66. The summed E-state index contributed by atoms with van der Waals surface area (Å²) in [6.45, 7) is 3.75. The van der Waals surface area contributed by atoms with Crippen molar-refractivity contribution in [3.8, 4) is 0 Å². The Morgan fingerprint density at radius 3 is 2.53 bits per heavy atom. The van der Waals surface area contributed by atoms with Crippen LogP contribution in [0.4, 0.5) is 0 Å². The molecule has 0 aliphatic rings. The quantitative estimate of drug-likeness (QED) is 0.302. The van der Waals surface area contributed by atoms with E-state index in [0.29, 0.717) is 0 Å². The number of hydrogen-bond donors (Lipinski definition) is 0. The predicted molar refractivity (Wildman–Crippen MR) is 75.3 cm³/mol. The maximum Gasteiger partial charge on any atom is 0.0677 e. The summed E-state index contributed by atoms with van der Waals surface area (Å²) >= 11 is 0. The average Bonchev–Trinajstić information content (AvgIpc) is 2.34. The number of nitrogens with zero attached hydrogens (tertiary/aromatic N) is 2. The van der Waals surface area contributed by atoms with Gasteiger partial charge in [0.1, 0.15) is 0 Å². The van der Waals surface area contributed by atoms with Gasteiger partial charge in [-0.3, -0.25) is 0 Å². The molecule has 0 aliphatic heterocycles. The molecule has 1 aromatic carbocycles. The molecule has 0 spiro atoms. The van der Waals surface area contributed by atoms with Gasteiger partial charge < -0.3 is 5.01 Å². The van der Waals surface area contributed by atoms with Gasteiger partial charge in [-0.1, -0.05) is 36.4 Å². The maximum absolute atomic E-state index is 4.57. The first-order valence-electron chi connectivity index (χ1n) is 6.15. The smallest absolute Gasteiger partial charge is 0.0677 e. The van der Waals surface area contributed by atoms with Crippen molar-refractivity contribution < 1.29 is 0 Å². The van der Waals surface area contributed by atoms with E-state index in [0.717, 1.165) is 19.3 Å². The minimum atomic E-state index is 1.02. The number of rotatable bonds is 7. The van der Waals surface area contributed by atoms with Crippen molar-refractivity contribution in [1.82, 2.24) is 5.01 Å². The minimum Gasteiger partial charge on any atom is -0.303 e. The van der Waals surface area contributed by atoms with Crippen molar-refractivity contribution >= 4 is 5.71 Å². The maximum atomic E-state index is 4.57. The molecule has 1 rings (SSSR count). The molecule has 0 amide bonds. The number of hydrogen-bond acceptors (Lipinski definition) is 2. The van der Waals surface area contributed by atoms with E-state index in [-0.39, 0.29) is 0 Å². The second-order valence-corrected chi connectivity index (χ2v) is 4.29. The zero-order chi connectivity index (χ0) is 12.5. The summed E-state index contributed by atoms with van der Waals surface area (Å²) in [7, 11) is 3.93. The van der Waals surface area contributed by atoms with Crippen LogP contribution in [0.15, 0.2) is 48.1 Å². The van der Waals surface area contributed by atoms with Gasteiger partial charge in [0, 0.05) is 14.1 Å². The summed E-state index contributed by atoms with van der Waals surface area (Å²) in [6.07, 6.45) is 6.43. The molecule has 0 unspecified atom stereocenters. The Labute approximate surface area is 105 Å². The Morgan fingerprint density at radius 2 is 1.94 bits per heavy atom. The first kappa shape index (κ1) is 13.5. The summed E-state index contributed by atoms with van der Waals surface area (Å²) in [6, 6.07) is 10.4. The van der Waals surface area contributed by atoms with Gasteiger partial charge in [-0.25, -0.2) is 0 Å². The van der Waals surface area contributed by atoms with E-state index in [2.05, 4.69) is 35.9 Å². The molecule has 0 saturated heterocycles. The van der Waals surface area contributed by atoms with Crippen LogP contribution in [0, 0.1) is 0 Å². The van der Waals surface area contributed by atoms with Crippen LogP contribution in [-0.4, -0.2) is 24.8 Å². The summed E-state index contributed by atoms with van der Waals surface area (Å²) in [5.74, 6) is 0. The molecule has 0 fully saturated rings. The zero-order valence-corrected chi connectivity index (χ0v) is 10.9. The van der Waals surface area contributed by atoms with Crippen LogP contribution < -0.4 is 0 Å². The predicted octanol–water partition coefficient (Wildman–Crippen LogP) is 3.70. The van der Waals surface area contributed by atoms with E-state index >= 15 is 0 Å². The normalized spacial score (nSPS) is 11.3. The Balaban J connectivity index is 2.65. The molecule has 92 valence electrons. The topological polar surface area (TPSA) is 15.6 Å². The van der Waals surface area contributed by atoms with E-state index < -0.39 is 0 Å². The summed E-state index contributed by atoms with van der Waals surface area (Å²) in [5, 5.41) is 6.44. The van der Waals surface area contributed by atoms with E-state index in [1.54, 1.807) is 0 Å². The lowest BCUT2D eigenvalue weighted by molar-refractivity contribution is 0.436. The standard InChI is InChI=1S/C15H22N2/c1-4-5-6-10-13-15(16-17(2)3)14-11-8-7-9-12-14/h4,7-9,11-12H,1,5-6,10,13H2,2-3H3/b16-15+. The van der Waals surface area contributed by atoms with Crippen LogP contribution in [0.5, 0.6) is 0 Å². The van der Waals surface area contributed by atoms with Crippen molar-refractivity contribution in [3.05, 3.63) is 48.6 Å². The van der Waals surface area contributed by atoms with Gasteiger partial charge in [-0.2, -0.15) is 5.10 Å². The van der Waals surface area contributed by atoms with Crippen LogP contribution in [0.2, 0.25) is 0 Å². The van der Waals surface area contributed by atoms with E-state index in [9.17, 15) is 0 Å². The van der Waals surface area contributed by atoms with Crippen LogP contribution in [-0.2, 0) is 0 Å². The first-order valence-corrected chi connectivity index (χ1v) is 6.15. The van der Waals surface area contributed by atoms with Gasteiger partial charge in [-0.15, -0.1) is 6.58 Å². The zero-order valence-electron chi connectivity index (χ0n) is 10.9. The molecule has 2 heteroatoms. The molecule has 0 atom stereocenters. The fraction of sp³-hybridized carbons (Fsp3) is 0.400. The molecule has 0 heterocycles. The molecule has 1 aromatic rings. The number of unbranched alkanes of at least 4 members (excludes halogenated alkanes) is 2.